The summed E-state index contributed by atoms with van der Waals surface area (Å²) in [7, 11) is 1.88. The first-order valence-electron chi connectivity index (χ1n) is 10.3. The fourth-order valence-electron chi connectivity index (χ4n) is 3.59. The van der Waals surface area contributed by atoms with Gasteiger partial charge in [-0.1, -0.05) is 6.07 Å². The lowest BCUT2D eigenvalue weighted by atomic mass is 10.1. The predicted octanol–water partition coefficient (Wildman–Crippen LogP) is 2.98. The number of nitrogens with zero attached hydrogens (tertiary/aromatic N) is 6. The Bertz CT molecular complexity index is 1250. The van der Waals surface area contributed by atoms with Gasteiger partial charge in [0, 0.05) is 68.9 Å². The molecule has 0 atom stereocenters. The molecule has 1 aromatic carbocycles. The quantitative estimate of drug-likeness (QED) is 0.536. The summed E-state index contributed by atoms with van der Waals surface area (Å²) in [6, 6.07) is 9.59. The Hall–Kier alpha value is -3.61. The molecule has 32 heavy (non-hydrogen) atoms. The van der Waals surface area contributed by atoms with E-state index in [1.807, 2.05) is 31.6 Å². The van der Waals surface area contributed by atoms with Crippen molar-refractivity contribution in [2.75, 3.05) is 26.2 Å². The second kappa shape index (κ2) is 9.68. The molecule has 0 aliphatic carbocycles. The third-order valence-corrected chi connectivity index (χ3v) is 5.29. The maximum Gasteiger partial charge on any atom is 0.127 e. The minimum absolute atomic E-state index is 0.324. The van der Waals surface area contributed by atoms with Crippen molar-refractivity contribution in [2.45, 2.75) is 6.54 Å². The van der Waals surface area contributed by atoms with Gasteiger partial charge < -0.3 is 5.32 Å². The van der Waals surface area contributed by atoms with Gasteiger partial charge in [-0.15, -0.1) is 0 Å². The second-order valence-corrected chi connectivity index (χ2v) is 7.58. The molecular weight excluding hydrogens is 412 g/mol. The van der Waals surface area contributed by atoms with Crippen LogP contribution >= 0.6 is 0 Å². The van der Waals surface area contributed by atoms with E-state index in [9.17, 15) is 8.78 Å². The Morgan fingerprint density at radius 3 is 2.56 bits per heavy atom. The molecule has 5 rings (SSSR count). The summed E-state index contributed by atoms with van der Waals surface area (Å²) in [5.74, 6) is -0.698. The number of rotatable bonds is 3. The van der Waals surface area contributed by atoms with Gasteiger partial charge in [0.15, 0.2) is 0 Å². The highest BCUT2D eigenvalue weighted by Crippen LogP contribution is 2.20. The van der Waals surface area contributed by atoms with Crippen LogP contribution in [0.5, 0.6) is 0 Å². The molecule has 164 valence electrons. The van der Waals surface area contributed by atoms with Gasteiger partial charge in [0.25, 0.3) is 0 Å². The first kappa shape index (κ1) is 21.6. The Morgan fingerprint density at radius 1 is 1.03 bits per heavy atom. The van der Waals surface area contributed by atoms with E-state index in [1.54, 1.807) is 21.6 Å². The number of aryl methyl sites for hydroxylation is 1. The number of benzene rings is 1. The highest BCUT2D eigenvalue weighted by Gasteiger charge is 2.12. The van der Waals surface area contributed by atoms with E-state index in [0.717, 1.165) is 48.9 Å². The molecule has 3 aromatic heterocycles. The molecule has 0 amide bonds. The summed E-state index contributed by atoms with van der Waals surface area (Å²) in [4.78, 5) is 2.12. The Labute approximate surface area is 184 Å². The van der Waals surface area contributed by atoms with Crippen LogP contribution in [0.25, 0.3) is 16.6 Å². The minimum Gasteiger partial charge on any atom is -0.314 e. The van der Waals surface area contributed by atoms with Crippen LogP contribution in [0, 0.1) is 23.0 Å². The van der Waals surface area contributed by atoms with Gasteiger partial charge in [0.1, 0.15) is 17.7 Å². The van der Waals surface area contributed by atoms with E-state index in [2.05, 4.69) is 26.5 Å². The maximum atomic E-state index is 13.3. The van der Waals surface area contributed by atoms with Gasteiger partial charge in [-0.2, -0.15) is 15.5 Å². The predicted molar refractivity (Wildman–Crippen MR) is 117 cm³/mol. The lowest BCUT2D eigenvalue weighted by Crippen LogP contribution is -2.43. The number of hydrogen-bond donors (Lipinski definition) is 1. The Morgan fingerprint density at radius 2 is 1.84 bits per heavy atom. The highest BCUT2D eigenvalue weighted by molar-refractivity contribution is 5.67. The Balaban J connectivity index is 0.000000155. The molecule has 1 aliphatic heterocycles. The number of hydrogen-bond acceptors (Lipinski definition) is 5. The van der Waals surface area contributed by atoms with Crippen LogP contribution in [0.15, 0.2) is 55.1 Å². The van der Waals surface area contributed by atoms with E-state index in [-0.39, 0.29) is 11.6 Å². The van der Waals surface area contributed by atoms with Crippen LogP contribution in [0.1, 0.15) is 11.1 Å². The van der Waals surface area contributed by atoms with Crippen molar-refractivity contribution in [3.8, 4) is 17.2 Å². The van der Waals surface area contributed by atoms with Crippen LogP contribution < -0.4 is 5.32 Å². The van der Waals surface area contributed by atoms with E-state index in [1.165, 1.54) is 12.1 Å². The van der Waals surface area contributed by atoms with Gasteiger partial charge in [-0.3, -0.25) is 9.58 Å². The number of piperazine rings is 1. The smallest absolute Gasteiger partial charge is 0.127 e. The second-order valence-electron chi connectivity index (χ2n) is 7.58. The van der Waals surface area contributed by atoms with E-state index in [0.29, 0.717) is 17.7 Å². The molecule has 7 nitrogen and oxygen atoms in total. The molecule has 0 saturated carbocycles. The summed E-state index contributed by atoms with van der Waals surface area (Å²) >= 11 is 0. The fourth-order valence-corrected chi connectivity index (χ4v) is 3.59. The third-order valence-electron chi connectivity index (χ3n) is 5.29. The Kier molecular flexibility index (Phi) is 6.54. The summed E-state index contributed by atoms with van der Waals surface area (Å²) in [6.45, 7) is 4.09. The van der Waals surface area contributed by atoms with Gasteiger partial charge in [0.05, 0.1) is 23.5 Å². The van der Waals surface area contributed by atoms with Crippen molar-refractivity contribution >= 4 is 5.52 Å². The van der Waals surface area contributed by atoms with E-state index >= 15 is 0 Å². The number of aromatic nitrogens is 4. The van der Waals surface area contributed by atoms with E-state index in [4.69, 9.17) is 5.26 Å². The highest BCUT2D eigenvalue weighted by atomic mass is 19.1. The van der Waals surface area contributed by atoms with Crippen molar-refractivity contribution < 1.29 is 8.78 Å². The molecule has 1 fully saturated rings. The van der Waals surface area contributed by atoms with Crippen molar-refractivity contribution in [2.24, 2.45) is 7.05 Å². The molecular formula is C23H23F2N7. The van der Waals surface area contributed by atoms with Crippen LogP contribution in [0.4, 0.5) is 8.78 Å². The number of nitriles is 1. The van der Waals surface area contributed by atoms with Crippen molar-refractivity contribution in [1.82, 2.24) is 29.6 Å². The van der Waals surface area contributed by atoms with Gasteiger partial charge in [-0.25, -0.2) is 13.3 Å². The first-order chi connectivity index (χ1) is 15.5. The zero-order chi connectivity index (χ0) is 22.5. The van der Waals surface area contributed by atoms with Crippen LogP contribution in [0.2, 0.25) is 0 Å². The lowest BCUT2D eigenvalue weighted by Gasteiger charge is -2.27. The molecule has 1 aliphatic rings. The molecule has 0 bridgehead atoms. The zero-order valence-corrected chi connectivity index (χ0v) is 17.7. The SMILES string of the molecule is Cn1cc(-c2ccc3c(C#N)cnn3c2)cn1.Fc1ccc(F)c(CN2CCNCC2)c1. The number of halogens is 2. The largest absolute Gasteiger partial charge is 0.314 e. The normalized spacial score (nSPS) is 14.1. The topological polar surface area (TPSA) is 74.2 Å². The number of pyridine rings is 1. The molecule has 0 radical (unpaired) electrons. The molecule has 1 saturated heterocycles. The van der Waals surface area contributed by atoms with Crippen LogP contribution in [-0.4, -0.2) is 50.5 Å². The minimum atomic E-state index is -0.374. The van der Waals surface area contributed by atoms with Crippen molar-refractivity contribution in [1.29, 1.82) is 5.26 Å². The molecule has 1 N–H and O–H groups in total. The zero-order valence-electron chi connectivity index (χ0n) is 17.7. The summed E-state index contributed by atoms with van der Waals surface area (Å²) in [5, 5.41) is 20.4. The van der Waals surface area contributed by atoms with Crippen molar-refractivity contribution in [3.05, 3.63) is 77.9 Å². The van der Waals surface area contributed by atoms with Crippen LogP contribution in [0.3, 0.4) is 0 Å². The average molecular weight is 435 g/mol. The van der Waals surface area contributed by atoms with Crippen molar-refractivity contribution in [3.63, 3.8) is 0 Å². The van der Waals surface area contributed by atoms with Gasteiger partial charge in [-0.05, 0) is 24.3 Å². The standard InChI is InChI=1S/C12H9N5.C11H14F2N2/c1-16-7-11(6-14-16)9-2-3-12-10(4-13)5-15-17(12)8-9;12-10-1-2-11(13)9(7-10)8-15-5-3-14-4-6-15/h2-3,5-8H,1H3;1-2,7,14H,3-6,8H2. The summed E-state index contributed by atoms with van der Waals surface area (Å²) in [5.41, 5.74) is 3.90. The fraction of sp³-hybridized carbons (Fsp3) is 0.261. The molecule has 4 heterocycles. The molecule has 9 heteroatoms. The summed E-state index contributed by atoms with van der Waals surface area (Å²) < 4.78 is 29.7. The monoisotopic (exact) mass is 435 g/mol. The van der Waals surface area contributed by atoms with Gasteiger partial charge >= 0.3 is 0 Å². The van der Waals surface area contributed by atoms with E-state index < -0.39 is 0 Å². The average Bonchev–Trinajstić information content (AvgIpc) is 3.43. The van der Waals surface area contributed by atoms with Gasteiger partial charge in [0.2, 0.25) is 0 Å². The third kappa shape index (κ3) is 4.99. The molecule has 0 spiro atoms. The number of fused-ring (bicyclic) bond motifs is 1. The number of nitrogens with one attached hydrogen (secondary N) is 1. The maximum absolute atomic E-state index is 13.3. The van der Waals surface area contributed by atoms with Crippen LogP contribution in [-0.2, 0) is 13.6 Å². The first-order valence-corrected chi connectivity index (χ1v) is 10.3. The molecule has 4 aromatic rings. The molecule has 0 unspecified atom stereocenters. The lowest BCUT2D eigenvalue weighted by molar-refractivity contribution is 0.230. The summed E-state index contributed by atoms with van der Waals surface area (Å²) in [6.07, 6.45) is 7.21.